The van der Waals surface area contributed by atoms with Gasteiger partial charge >= 0.3 is 0 Å². The molecule has 2 heterocycles. The van der Waals surface area contributed by atoms with Gasteiger partial charge in [0.1, 0.15) is 18.0 Å². The zero-order chi connectivity index (χ0) is 13.7. The lowest BCUT2D eigenvalue weighted by molar-refractivity contribution is 0.478. The van der Waals surface area contributed by atoms with Crippen LogP contribution in [0, 0.1) is 5.92 Å². The molecule has 0 amide bonds. The monoisotopic (exact) mass is 263 g/mol. The largest absolute Gasteiger partial charge is 0.367 e. The Balaban J connectivity index is 1.97. The molecule has 0 spiro atoms. The van der Waals surface area contributed by atoms with Crippen LogP contribution in [0.2, 0.25) is 0 Å². The zero-order valence-corrected chi connectivity index (χ0v) is 12.2. The maximum absolute atomic E-state index is 4.35. The molecule has 0 saturated carbocycles. The van der Waals surface area contributed by atoms with Crippen LogP contribution in [-0.2, 0) is 0 Å². The molecule has 5 nitrogen and oxygen atoms in total. The Bertz CT molecular complexity index is 387. The van der Waals surface area contributed by atoms with E-state index in [-0.39, 0.29) is 0 Å². The van der Waals surface area contributed by atoms with Crippen LogP contribution in [0.5, 0.6) is 0 Å². The summed E-state index contributed by atoms with van der Waals surface area (Å²) in [6.45, 7) is 7.60. The van der Waals surface area contributed by atoms with Crippen LogP contribution >= 0.6 is 0 Å². The van der Waals surface area contributed by atoms with Crippen molar-refractivity contribution in [3.05, 3.63) is 12.4 Å². The normalized spacial score (nSPS) is 16.6. The average molecular weight is 263 g/mol. The van der Waals surface area contributed by atoms with Gasteiger partial charge in [0.05, 0.1) is 0 Å². The van der Waals surface area contributed by atoms with Crippen LogP contribution in [0.25, 0.3) is 0 Å². The third kappa shape index (κ3) is 4.35. The lowest BCUT2D eigenvalue weighted by atomic mass is 10.1. The number of piperidine rings is 1. The van der Waals surface area contributed by atoms with Crippen molar-refractivity contribution < 1.29 is 0 Å². The van der Waals surface area contributed by atoms with Crippen molar-refractivity contribution in [2.24, 2.45) is 5.92 Å². The summed E-state index contributed by atoms with van der Waals surface area (Å²) in [5, 5.41) is 6.88. The van der Waals surface area contributed by atoms with Gasteiger partial charge in [-0.15, -0.1) is 0 Å². The standard InChI is InChI=1S/C14H25N5/c1-11(2)9-19(3)14-8-13(16-10-17-14)18-12-4-6-15-7-5-12/h8,10-12,15H,4-7,9H2,1-3H3,(H,16,17,18). The van der Waals surface area contributed by atoms with E-state index in [4.69, 9.17) is 0 Å². The maximum Gasteiger partial charge on any atom is 0.133 e. The van der Waals surface area contributed by atoms with Crippen molar-refractivity contribution in [1.29, 1.82) is 0 Å². The molecule has 0 aliphatic carbocycles. The Kier molecular flexibility index (Phi) is 4.96. The van der Waals surface area contributed by atoms with E-state index in [9.17, 15) is 0 Å². The summed E-state index contributed by atoms with van der Waals surface area (Å²) < 4.78 is 0. The van der Waals surface area contributed by atoms with Crippen molar-refractivity contribution in [3.63, 3.8) is 0 Å². The summed E-state index contributed by atoms with van der Waals surface area (Å²) in [6, 6.07) is 2.57. The van der Waals surface area contributed by atoms with Crippen LogP contribution in [0.1, 0.15) is 26.7 Å². The lowest BCUT2D eigenvalue weighted by Crippen LogP contribution is -2.35. The summed E-state index contributed by atoms with van der Waals surface area (Å²) in [5.74, 6) is 2.55. The Labute approximate surface area is 115 Å². The number of nitrogens with zero attached hydrogens (tertiary/aromatic N) is 3. The van der Waals surface area contributed by atoms with Crippen molar-refractivity contribution in [2.75, 3.05) is 36.9 Å². The second-order valence-electron chi connectivity index (χ2n) is 5.70. The van der Waals surface area contributed by atoms with Crippen LogP contribution in [0.3, 0.4) is 0 Å². The predicted molar refractivity (Wildman–Crippen MR) is 79.7 cm³/mol. The molecule has 1 aromatic heterocycles. The minimum atomic E-state index is 0.527. The quantitative estimate of drug-likeness (QED) is 0.847. The Morgan fingerprint density at radius 1 is 1.37 bits per heavy atom. The molecule has 0 atom stereocenters. The molecule has 0 radical (unpaired) electrons. The second-order valence-corrected chi connectivity index (χ2v) is 5.70. The molecule has 1 aromatic rings. The van der Waals surface area contributed by atoms with Crippen molar-refractivity contribution in [2.45, 2.75) is 32.7 Å². The number of hydrogen-bond acceptors (Lipinski definition) is 5. The highest BCUT2D eigenvalue weighted by atomic mass is 15.2. The molecule has 0 aromatic carbocycles. The van der Waals surface area contributed by atoms with Crippen molar-refractivity contribution in [1.82, 2.24) is 15.3 Å². The molecule has 1 aliphatic rings. The minimum absolute atomic E-state index is 0.527. The van der Waals surface area contributed by atoms with Crippen LogP contribution < -0.4 is 15.5 Å². The average Bonchev–Trinajstić information content (AvgIpc) is 2.39. The van der Waals surface area contributed by atoms with E-state index in [2.05, 4.69) is 46.4 Å². The number of anilines is 2. The van der Waals surface area contributed by atoms with E-state index in [1.807, 2.05) is 6.07 Å². The van der Waals surface area contributed by atoms with Crippen LogP contribution in [0.4, 0.5) is 11.6 Å². The summed E-state index contributed by atoms with van der Waals surface area (Å²) in [5.41, 5.74) is 0. The van der Waals surface area contributed by atoms with Crippen molar-refractivity contribution >= 4 is 11.6 Å². The number of nitrogens with one attached hydrogen (secondary N) is 2. The molecule has 2 rings (SSSR count). The second kappa shape index (κ2) is 6.70. The molecule has 1 saturated heterocycles. The third-order valence-electron chi connectivity index (χ3n) is 3.37. The highest BCUT2D eigenvalue weighted by Gasteiger charge is 2.14. The highest BCUT2D eigenvalue weighted by molar-refractivity contribution is 5.48. The molecule has 1 fully saturated rings. The van der Waals surface area contributed by atoms with Crippen LogP contribution in [0.15, 0.2) is 12.4 Å². The van der Waals surface area contributed by atoms with Gasteiger partial charge in [-0.2, -0.15) is 0 Å². The highest BCUT2D eigenvalue weighted by Crippen LogP contribution is 2.16. The lowest BCUT2D eigenvalue weighted by Gasteiger charge is -2.25. The zero-order valence-electron chi connectivity index (χ0n) is 12.2. The Morgan fingerprint density at radius 2 is 2.11 bits per heavy atom. The fourth-order valence-corrected chi connectivity index (χ4v) is 2.45. The van der Waals surface area contributed by atoms with Gasteiger partial charge in [-0.25, -0.2) is 9.97 Å². The molecule has 1 aliphatic heterocycles. The van der Waals surface area contributed by atoms with E-state index < -0.39 is 0 Å². The smallest absolute Gasteiger partial charge is 0.133 e. The molecular formula is C14H25N5. The first-order chi connectivity index (χ1) is 9.15. The first kappa shape index (κ1) is 14.1. The fraction of sp³-hybridized carbons (Fsp3) is 0.714. The molecule has 5 heteroatoms. The molecule has 0 bridgehead atoms. The number of aromatic nitrogens is 2. The predicted octanol–water partition coefficient (Wildman–Crippen LogP) is 1.73. The van der Waals surface area contributed by atoms with E-state index >= 15 is 0 Å². The van der Waals surface area contributed by atoms with Gasteiger partial charge in [-0.05, 0) is 31.8 Å². The van der Waals surface area contributed by atoms with Gasteiger partial charge < -0.3 is 15.5 Å². The van der Waals surface area contributed by atoms with Gasteiger partial charge in [0.2, 0.25) is 0 Å². The molecule has 2 N–H and O–H groups in total. The Morgan fingerprint density at radius 3 is 2.79 bits per heavy atom. The summed E-state index contributed by atoms with van der Waals surface area (Å²) in [7, 11) is 2.08. The molecule has 106 valence electrons. The number of rotatable bonds is 5. The van der Waals surface area contributed by atoms with Gasteiger partial charge in [-0.3, -0.25) is 0 Å². The maximum atomic E-state index is 4.35. The van der Waals surface area contributed by atoms with E-state index in [0.717, 1.165) is 44.1 Å². The summed E-state index contributed by atoms with van der Waals surface area (Å²) in [6.07, 6.45) is 3.96. The minimum Gasteiger partial charge on any atom is -0.367 e. The van der Waals surface area contributed by atoms with Gasteiger partial charge in [-0.1, -0.05) is 13.8 Å². The number of hydrogen-bond donors (Lipinski definition) is 2. The van der Waals surface area contributed by atoms with E-state index in [1.165, 1.54) is 0 Å². The summed E-state index contributed by atoms with van der Waals surface area (Å²) >= 11 is 0. The first-order valence-corrected chi connectivity index (χ1v) is 7.15. The van der Waals surface area contributed by atoms with Crippen LogP contribution in [-0.4, -0.2) is 42.7 Å². The summed E-state index contributed by atoms with van der Waals surface area (Å²) in [4.78, 5) is 10.9. The Hall–Kier alpha value is -1.36. The van der Waals surface area contributed by atoms with E-state index in [0.29, 0.717) is 12.0 Å². The van der Waals surface area contributed by atoms with Crippen molar-refractivity contribution in [3.8, 4) is 0 Å². The van der Waals surface area contributed by atoms with Gasteiger partial charge in [0.15, 0.2) is 0 Å². The topological polar surface area (TPSA) is 53.1 Å². The third-order valence-corrected chi connectivity index (χ3v) is 3.37. The van der Waals surface area contributed by atoms with Gasteiger partial charge in [0.25, 0.3) is 0 Å². The van der Waals surface area contributed by atoms with Gasteiger partial charge in [0, 0.05) is 25.7 Å². The molecule has 0 unspecified atom stereocenters. The van der Waals surface area contributed by atoms with E-state index in [1.54, 1.807) is 6.33 Å². The molecule has 19 heavy (non-hydrogen) atoms. The first-order valence-electron chi connectivity index (χ1n) is 7.15. The SMILES string of the molecule is CC(C)CN(C)c1cc(NC2CCNCC2)ncn1. The fourth-order valence-electron chi connectivity index (χ4n) is 2.45. The molecular weight excluding hydrogens is 238 g/mol.